The second-order valence-electron chi connectivity index (χ2n) is 5.18. The first kappa shape index (κ1) is 17.7. The number of aromatic nitrogens is 2. The largest absolute Gasteiger partial charge is 0.339 e. The van der Waals surface area contributed by atoms with Crippen molar-refractivity contribution < 1.29 is 4.79 Å². The van der Waals surface area contributed by atoms with Gasteiger partial charge in [0.1, 0.15) is 23.9 Å². The van der Waals surface area contributed by atoms with E-state index in [1.54, 1.807) is 42.5 Å². The number of carbonyl (C=O) groups excluding carboxylic acids is 1. The summed E-state index contributed by atoms with van der Waals surface area (Å²) in [5, 5.41) is 15.6. The zero-order valence-corrected chi connectivity index (χ0v) is 14.7. The van der Waals surface area contributed by atoms with Crippen molar-refractivity contribution in [1.29, 1.82) is 5.26 Å². The standard InChI is InChI=1S/C18H11Cl2N5O/c19-12-5-13(20)7-14(6-12)24-18(26)16-8-17(23-10-22-16)25-15-4-2-1-3-11(15)9-21/h1-8,10H,(H,24,26)(H,22,23,25). The summed E-state index contributed by atoms with van der Waals surface area (Å²) >= 11 is 11.9. The van der Waals surface area contributed by atoms with Crippen LogP contribution in [-0.4, -0.2) is 15.9 Å². The molecular weight excluding hydrogens is 373 g/mol. The lowest BCUT2D eigenvalue weighted by molar-refractivity contribution is 0.102. The molecule has 2 aromatic carbocycles. The number of halogens is 2. The Balaban J connectivity index is 1.80. The van der Waals surface area contributed by atoms with Crippen LogP contribution in [0.5, 0.6) is 0 Å². The van der Waals surface area contributed by atoms with E-state index >= 15 is 0 Å². The van der Waals surface area contributed by atoms with Gasteiger partial charge >= 0.3 is 0 Å². The summed E-state index contributed by atoms with van der Waals surface area (Å²) in [5.74, 6) is -0.0562. The lowest BCUT2D eigenvalue weighted by atomic mass is 10.2. The van der Waals surface area contributed by atoms with Gasteiger partial charge in [-0.15, -0.1) is 0 Å². The third-order valence-electron chi connectivity index (χ3n) is 3.33. The van der Waals surface area contributed by atoms with Gasteiger partial charge in [0.15, 0.2) is 0 Å². The number of carbonyl (C=O) groups is 1. The van der Waals surface area contributed by atoms with E-state index in [0.29, 0.717) is 32.8 Å². The maximum Gasteiger partial charge on any atom is 0.274 e. The molecule has 2 N–H and O–H groups in total. The number of rotatable bonds is 4. The molecule has 26 heavy (non-hydrogen) atoms. The minimum Gasteiger partial charge on any atom is -0.339 e. The number of nitriles is 1. The van der Waals surface area contributed by atoms with Gasteiger partial charge in [0.05, 0.1) is 11.3 Å². The molecule has 3 rings (SSSR count). The molecule has 128 valence electrons. The summed E-state index contributed by atoms with van der Waals surface area (Å²) in [4.78, 5) is 20.4. The molecule has 0 fully saturated rings. The fourth-order valence-electron chi connectivity index (χ4n) is 2.20. The third-order valence-corrected chi connectivity index (χ3v) is 3.77. The zero-order valence-electron chi connectivity index (χ0n) is 13.2. The molecule has 0 saturated heterocycles. The van der Waals surface area contributed by atoms with E-state index in [1.165, 1.54) is 12.4 Å². The maximum absolute atomic E-state index is 12.4. The first-order chi connectivity index (χ1) is 12.5. The monoisotopic (exact) mass is 383 g/mol. The number of hydrogen-bond donors (Lipinski definition) is 2. The van der Waals surface area contributed by atoms with E-state index in [-0.39, 0.29) is 5.69 Å². The maximum atomic E-state index is 12.4. The zero-order chi connectivity index (χ0) is 18.5. The molecule has 0 spiro atoms. The first-order valence-electron chi connectivity index (χ1n) is 7.41. The third kappa shape index (κ3) is 4.28. The SMILES string of the molecule is N#Cc1ccccc1Nc1cc(C(=O)Nc2cc(Cl)cc(Cl)c2)ncn1. The Labute approximate surface area is 159 Å². The van der Waals surface area contributed by atoms with Gasteiger partial charge in [0, 0.05) is 21.8 Å². The van der Waals surface area contributed by atoms with Crippen LogP contribution in [0.15, 0.2) is 54.9 Å². The average Bonchev–Trinajstić information content (AvgIpc) is 2.61. The van der Waals surface area contributed by atoms with Gasteiger partial charge in [-0.2, -0.15) is 5.26 Å². The van der Waals surface area contributed by atoms with Crippen LogP contribution in [-0.2, 0) is 0 Å². The molecule has 0 aliphatic rings. The Kier molecular flexibility index (Phi) is 5.32. The van der Waals surface area contributed by atoms with Crippen molar-refractivity contribution in [2.24, 2.45) is 0 Å². The average molecular weight is 384 g/mol. The van der Waals surface area contributed by atoms with E-state index in [0.717, 1.165) is 0 Å². The summed E-state index contributed by atoms with van der Waals surface area (Å²) < 4.78 is 0. The van der Waals surface area contributed by atoms with E-state index in [4.69, 9.17) is 28.5 Å². The highest BCUT2D eigenvalue weighted by molar-refractivity contribution is 6.35. The molecule has 0 aliphatic heterocycles. The molecule has 0 atom stereocenters. The van der Waals surface area contributed by atoms with Crippen molar-refractivity contribution in [2.45, 2.75) is 0 Å². The minimum atomic E-state index is -0.442. The number of hydrogen-bond acceptors (Lipinski definition) is 5. The van der Waals surface area contributed by atoms with Gasteiger partial charge in [0.2, 0.25) is 0 Å². The number of amides is 1. The van der Waals surface area contributed by atoms with Crippen molar-refractivity contribution in [3.8, 4) is 6.07 Å². The van der Waals surface area contributed by atoms with E-state index < -0.39 is 5.91 Å². The summed E-state index contributed by atoms with van der Waals surface area (Å²) in [6.45, 7) is 0. The second-order valence-corrected chi connectivity index (χ2v) is 6.06. The van der Waals surface area contributed by atoms with Crippen molar-refractivity contribution in [3.63, 3.8) is 0 Å². The predicted molar refractivity (Wildman–Crippen MR) is 101 cm³/mol. The first-order valence-corrected chi connectivity index (χ1v) is 8.16. The number of benzene rings is 2. The van der Waals surface area contributed by atoms with Gasteiger partial charge < -0.3 is 10.6 Å². The van der Waals surface area contributed by atoms with Gasteiger partial charge in [-0.3, -0.25) is 4.79 Å². The molecule has 0 saturated carbocycles. The number of anilines is 3. The second kappa shape index (κ2) is 7.83. The molecule has 3 aromatic rings. The molecule has 0 radical (unpaired) electrons. The lowest BCUT2D eigenvalue weighted by Crippen LogP contribution is -2.14. The highest BCUT2D eigenvalue weighted by atomic mass is 35.5. The molecule has 0 aliphatic carbocycles. The highest BCUT2D eigenvalue weighted by Crippen LogP contribution is 2.23. The lowest BCUT2D eigenvalue weighted by Gasteiger charge is -2.09. The Morgan fingerprint density at radius 2 is 1.77 bits per heavy atom. The Bertz CT molecular complexity index is 996. The van der Waals surface area contributed by atoms with Crippen LogP contribution < -0.4 is 10.6 Å². The molecule has 0 unspecified atom stereocenters. The molecular formula is C18H11Cl2N5O. The Morgan fingerprint density at radius 3 is 2.50 bits per heavy atom. The molecule has 6 nitrogen and oxygen atoms in total. The number of para-hydroxylation sites is 1. The van der Waals surface area contributed by atoms with Crippen LogP contribution in [0.3, 0.4) is 0 Å². The topological polar surface area (TPSA) is 90.7 Å². The molecule has 1 aromatic heterocycles. The molecule has 1 heterocycles. The number of nitrogens with zero attached hydrogens (tertiary/aromatic N) is 3. The quantitative estimate of drug-likeness (QED) is 0.683. The minimum absolute atomic E-state index is 0.146. The van der Waals surface area contributed by atoms with Crippen LogP contribution in [0.4, 0.5) is 17.2 Å². The van der Waals surface area contributed by atoms with Crippen molar-refractivity contribution in [2.75, 3.05) is 10.6 Å². The van der Waals surface area contributed by atoms with Gasteiger partial charge in [-0.05, 0) is 30.3 Å². The Hall–Kier alpha value is -3.14. The van der Waals surface area contributed by atoms with Crippen LogP contribution >= 0.6 is 23.2 Å². The van der Waals surface area contributed by atoms with Crippen LogP contribution in [0.1, 0.15) is 16.1 Å². The van der Waals surface area contributed by atoms with E-state index in [9.17, 15) is 4.79 Å². The Morgan fingerprint density at radius 1 is 1.04 bits per heavy atom. The highest BCUT2D eigenvalue weighted by Gasteiger charge is 2.11. The van der Waals surface area contributed by atoms with E-state index in [2.05, 4.69) is 26.7 Å². The van der Waals surface area contributed by atoms with Crippen LogP contribution in [0.25, 0.3) is 0 Å². The van der Waals surface area contributed by atoms with Gasteiger partial charge in [0.25, 0.3) is 5.91 Å². The summed E-state index contributed by atoms with van der Waals surface area (Å²) in [7, 11) is 0. The fourth-order valence-corrected chi connectivity index (χ4v) is 2.72. The summed E-state index contributed by atoms with van der Waals surface area (Å²) in [6, 6.07) is 15.3. The fraction of sp³-hybridized carbons (Fsp3) is 0. The summed E-state index contributed by atoms with van der Waals surface area (Å²) in [6.07, 6.45) is 1.26. The summed E-state index contributed by atoms with van der Waals surface area (Å²) in [5.41, 5.74) is 1.65. The number of nitrogens with one attached hydrogen (secondary N) is 2. The molecule has 0 bridgehead atoms. The van der Waals surface area contributed by atoms with Gasteiger partial charge in [-0.25, -0.2) is 9.97 Å². The van der Waals surface area contributed by atoms with Crippen molar-refractivity contribution in [1.82, 2.24) is 9.97 Å². The van der Waals surface area contributed by atoms with Crippen LogP contribution in [0.2, 0.25) is 10.0 Å². The molecule has 8 heteroatoms. The van der Waals surface area contributed by atoms with Crippen molar-refractivity contribution in [3.05, 3.63) is 76.2 Å². The smallest absolute Gasteiger partial charge is 0.274 e. The van der Waals surface area contributed by atoms with Crippen LogP contribution in [0, 0.1) is 11.3 Å². The normalized spacial score (nSPS) is 10.0. The molecule has 1 amide bonds. The van der Waals surface area contributed by atoms with Gasteiger partial charge in [-0.1, -0.05) is 35.3 Å². The predicted octanol–water partition coefficient (Wildman–Crippen LogP) is 4.65. The van der Waals surface area contributed by atoms with E-state index in [1.807, 2.05) is 0 Å². The van der Waals surface area contributed by atoms with Crippen molar-refractivity contribution >= 4 is 46.3 Å².